The first-order chi connectivity index (χ1) is 11.2. The van der Waals surface area contributed by atoms with Crippen molar-refractivity contribution in [2.75, 3.05) is 19.6 Å². The van der Waals surface area contributed by atoms with Crippen molar-refractivity contribution in [2.45, 2.75) is 44.1 Å². The molecule has 2 fully saturated rings. The highest BCUT2D eigenvalue weighted by molar-refractivity contribution is 5.73. The van der Waals surface area contributed by atoms with Crippen LogP contribution in [0, 0.1) is 11.8 Å². The quantitative estimate of drug-likeness (QED) is 0.828. The van der Waals surface area contributed by atoms with Crippen molar-refractivity contribution in [3.05, 3.63) is 35.9 Å². The molecule has 3 rings (SSSR count). The van der Waals surface area contributed by atoms with Gasteiger partial charge in [0, 0.05) is 12.8 Å². The van der Waals surface area contributed by atoms with Crippen LogP contribution in [0.4, 0.5) is 0 Å². The van der Waals surface area contributed by atoms with E-state index in [2.05, 4.69) is 17.4 Å². The Bertz CT molecular complexity index is 503. The van der Waals surface area contributed by atoms with Gasteiger partial charge in [-0.3, -0.25) is 4.79 Å². The van der Waals surface area contributed by atoms with E-state index in [4.69, 9.17) is 10.5 Å². The van der Waals surface area contributed by atoms with Crippen molar-refractivity contribution in [3.63, 3.8) is 0 Å². The SMILES string of the molecule is NCC1CCC(C(=O)OC2(c3ccccc3)CC[NH2+]CC2)CC1. The second-order valence-corrected chi connectivity index (χ2v) is 7.10. The van der Waals surface area contributed by atoms with Crippen LogP contribution < -0.4 is 11.1 Å². The maximum Gasteiger partial charge on any atom is 0.309 e. The second-order valence-electron chi connectivity index (χ2n) is 7.10. The molecular formula is C19H29N2O2+. The zero-order chi connectivity index (χ0) is 16.1. The van der Waals surface area contributed by atoms with Crippen molar-refractivity contribution in [1.29, 1.82) is 0 Å². The molecule has 4 heteroatoms. The average Bonchev–Trinajstić information content (AvgIpc) is 2.63. The van der Waals surface area contributed by atoms with Crippen molar-refractivity contribution >= 4 is 5.97 Å². The van der Waals surface area contributed by atoms with E-state index in [1.165, 1.54) is 0 Å². The molecule has 1 heterocycles. The fourth-order valence-electron chi connectivity index (χ4n) is 4.04. The molecule has 1 saturated heterocycles. The number of piperidine rings is 1. The number of carbonyl (C=O) groups excluding carboxylic acids is 1. The van der Waals surface area contributed by atoms with Crippen LogP contribution in [0.1, 0.15) is 44.1 Å². The lowest BCUT2D eigenvalue weighted by atomic mass is 9.81. The molecule has 0 unspecified atom stereocenters. The molecule has 1 aliphatic carbocycles. The Labute approximate surface area is 138 Å². The summed E-state index contributed by atoms with van der Waals surface area (Å²) in [5, 5.41) is 2.31. The lowest BCUT2D eigenvalue weighted by Gasteiger charge is -2.38. The Morgan fingerprint density at radius 2 is 1.78 bits per heavy atom. The number of nitrogens with two attached hydrogens (primary N) is 2. The summed E-state index contributed by atoms with van der Waals surface area (Å²) < 4.78 is 6.18. The van der Waals surface area contributed by atoms with Crippen LogP contribution in [0.25, 0.3) is 0 Å². The summed E-state index contributed by atoms with van der Waals surface area (Å²) in [6, 6.07) is 10.3. The Morgan fingerprint density at radius 1 is 1.13 bits per heavy atom. The molecule has 0 amide bonds. The van der Waals surface area contributed by atoms with Crippen LogP contribution in [0.3, 0.4) is 0 Å². The lowest BCUT2D eigenvalue weighted by molar-refractivity contribution is -0.668. The Hall–Kier alpha value is -1.39. The summed E-state index contributed by atoms with van der Waals surface area (Å²) in [5.74, 6) is 0.655. The fourth-order valence-corrected chi connectivity index (χ4v) is 4.04. The number of hydrogen-bond donors (Lipinski definition) is 2. The van der Waals surface area contributed by atoms with Gasteiger partial charge in [-0.15, -0.1) is 0 Å². The minimum absolute atomic E-state index is 0.00576. The van der Waals surface area contributed by atoms with Crippen LogP contribution in [0.5, 0.6) is 0 Å². The highest BCUT2D eigenvalue weighted by Gasteiger charge is 2.41. The maximum absolute atomic E-state index is 12.8. The molecule has 4 nitrogen and oxygen atoms in total. The van der Waals surface area contributed by atoms with Gasteiger partial charge in [-0.25, -0.2) is 0 Å². The van der Waals surface area contributed by atoms with E-state index in [1.807, 2.05) is 18.2 Å². The van der Waals surface area contributed by atoms with E-state index in [0.29, 0.717) is 5.92 Å². The van der Waals surface area contributed by atoms with Crippen LogP contribution in [-0.2, 0) is 15.1 Å². The maximum atomic E-state index is 12.8. The van der Waals surface area contributed by atoms with Gasteiger partial charge in [0.1, 0.15) is 5.60 Å². The molecule has 23 heavy (non-hydrogen) atoms. The van der Waals surface area contributed by atoms with Gasteiger partial charge in [0.15, 0.2) is 0 Å². The normalized spacial score (nSPS) is 27.3. The second kappa shape index (κ2) is 7.45. The predicted molar refractivity (Wildman–Crippen MR) is 89.6 cm³/mol. The summed E-state index contributed by atoms with van der Waals surface area (Å²) in [6.45, 7) is 2.77. The molecule has 0 bridgehead atoms. The summed E-state index contributed by atoms with van der Waals surface area (Å²) in [6.07, 6.45) is 5.78. The van der Waals surface area contributed by atoms with Gasteiger partial charge in [-0.2, -0.15) is 0 Å². The molecule has 0 atom stereocenters. The van der Waals surface area contributed by atoms with E-state index in [-0.39, 0.29) is 11.9 Å². The molecular weight excluding hydrogens is 288 g/mol. The number of esters is 1. The third kappa shape index (κ3) is 3.75. The molecule has 1 aromatic carbocycles. The smallest absolute Gasteiger partial charge is 0.309 e. The molecule has 1 saturated carbocycles. The first kappa shape index (κ1) is 16.5. The molecule has 1 aromatic rings. The number of benzene rings is 1. The predicted octanol–water partition coefficient (Wildman–Crippen LogP) is 1.55. The molecule has 1 aliphatic heterocycles. The molecule has 0 spiro atoms. The monoisotopic (exact) mass is 317 g/mol. The minimum atomic E-state index is -0.419. The van der Waals surface area contributed by atoms with Gasteiger partial charge in [0.05, 0.1) is 19.0 Å². The molecule has 4 N–H and O–H groups in total. The van der Waals surface area contributed by atoms with Crippen LogP contribution in [-0.4, -0.2) is 25.6 Å². The lowest BCUT2D eigenvalue weighted by Crippen LogP contribution is -2.87. The number of hydrogen-bond acceptors (Lipinski definition) is 3. The van der Waals surface area contributed by atoms with E-state index in [0.717, 1.165) is 63.7 Å². The van der Waals surface area contributed by atoms with Gasteiger partial charge < -0.3 is 15.8 Å². The number of rotatable bonds is 4. The summed E-state index contributed by atoms with van der Waals surface area (Å²) in [4.78, 5) is 12.8. The van der Waals surface area contributed by atoms with Gasteiger partial charge in [0.25, 0.3) is 0 Å². The van der Waals surface area contributed by atoms with Crippen LogP contribution in [0.15, 0.2) is 30.3 Å². The molecule has 0 radical (unpaired) electrons. The Kier molecular flexibility index (Phi) is 5.34. The van der Waals surface area contributed by atoms with E-state index in [9.17, 15) is 4.79 Å². The first-order valence-corrected chi connectivity index (χ1v) is 9.03. The third-order valence-corrected chi connectivity index (χ3v) is 5.61. The van der Waals surface area contributed by atoms with Crippen LogP contribution >= 0.6 is 0 Å². The number of ether oxygens (including phenoxy) is 1. The molecule has 126 valence electrons. The van der Waals surface area contributed by atoms with Crippen molar-refractivity contribution in [2.24, 2.45) is 17.6 Å². The summed E-state index contributed by atoms with van der Waals surface area (Å²) in [7, 11) is 0. The van der Waals surface area contributed by atoms with Crippen molar-refractivity contribution in [3.8, 4) is 0 Å². The van der Waals surface area contributed by atoms with Gasteiger partial charge >= 0.3 is 5.97 Å². The highest BCUT2D eigenvalue weighted by atomic mass is 16.6. The van der Waals surface area contributed by atoms with E-state index >= 15 is 0 Å². The zero-order valence-electron chi connectivity index (χ0n) is 13.9. The summed E-state index contributed by atoms with van der Waals surface area (Å²) >= 11 is 0. The fraction of sp³-hybridized carbons (Fsp3) is 0.632. The first-order valence-electron chi connectivity index (χ1n) is 9.03. The van der Waals surface area contributed by atoms with Crippen LogP contribution in [0.2, 0.25) is 0 Å². The number of carbonyl (C=O) groups is 1. The van der Waals surface area contributed by atoms with Gasteiger partial charge in [0.2, 0.25) is 0 Å². The van der Waals surface area contributed by atoms with Crippen molar-refractivity contribution in [1.82, 2.24) is 0 Å². The highest BCUT2D eigenvalue weighted by Crippen LogP contribution is 2.37. The largest absolute Gasteiger partial charge is 0.453 e. The van der Waals surface area contributed by atoms with Gasteiger partial charge in [-0.1, -0.05) is 30.3 Å². The third-order valence-electron chi connectivity index (χ3n) is 5.61. The minimum Gasteiger partial charge on any atom is -0.453 e. The Balaban J connectivity index is 1.70. The van der Waals surface area contributed by atoms with E-state index in [1.54, 1.807) is 0 Å². The zero-order valence-corrected chi connectivity index (χ0v) is 13.9. The topological polar surface area (TPSA) is 68.9 Å². The van der Waals surface area contributed by atoms with Crippen molar-refractivity contribution < 1.29 is 14.8 Å². The average molecular weight is 317 g/mol. The standard InChI is InChI=1S/C19H28N2O2/c20-14-15-6-8-16(9-7-15)18(22)23-19(10-12-21-13-11-19)17-4-2-1-3-5-17/h1-5,15-16,21H,6-14,20H2/p+1. The summed E-state index contributed by atoms with van der Waals surface area (Å²) in [5.41, 5.74) is 6.48. The number of quaternary nitrogens is 1. The van der Waals surface area contributed by atoms with E-state index < -0.39 is 5.60 Å². The van der Waals surface area contributed by atoms with Gasteiger partial charge in [-0.05, 0) is 43.7 Å². The molecule has 2 aliphatic rings. The Morgan fingerprint density at radius 3 is 2.39 bits per heavy atom. The molecule has 0 aromatic heterocycles.